The first-order valence-electron chi connectivity index (χ1n) is 7.60. The van der Waals surface area contributed by atoms with Gasteiger partial charge in [-0.15, -0.1) is 0 Å². The van der Waals surface area contributed by atoms with E-state index in [2.05, 4.69) is 36.4 Å². The Bertz CT molecular complexity index is 447. The number of nitrogens with one attached hydrogen (secondary N) is 1. The van der Waals surface area contributed by atoms with Crippen LogP contribution in [0.5, 0.6) is 0 Å². The average molecular weight is 259 g/mol. The molecular formula is C16H25N3. The summed E-state index contributed by atoms with van der Waals surface area (Å²) in [6.07, 6.45) is 8.96. The van der Waals surface area contributed by atoms with Crippen LogP contribution >= 0.6 is 0 Å². The Morgan fingerprint density at radius 2 is 1.95 bits per heavy atom. The lowest BCUT2D eigenvalue weighted by atomic mass is 9.96. The molecule has 0 saturated heterocycles. The fraction of sp³-hybridized carbons (Fsp3) is 0.688. The van der Waals surface area contributed by atoms with E-state index in [0.717, 1.165) is 18.8 Å². The smallest absolute Gasteiger partial charge is 0.126 e. The van der Waals surface area contributed by atoms with Gasteiger partial charge in [0, 0.05) is 17.8 Å². The van der Waals surface area contributed by atoms with E-state index in [1.807, 2.05) is 0 Å². The second-order valence-corrected chi connectivity index (χ2v) is 6.34. The molecule has 3 nitrogen and oxygen atoms in total. The third-order valence-electron chi connectivity index (χ3n) is 5.01. The molecule has 0 spiro atoms. The van der Waals surface area contributed by atoms with Gasteiger partial charge in [0.1, 0.15) is 5.82 Å². The van der Waals surface area contributed by atoms with Crippen LogP contribution in [0.3, 0.4) is 0 Å². The van der Waals surface area contributed by atoms with Gasteiger partial charge in [-0.25, -0.2) is 4.98 Å². The minimum atomic E-state index is 0.334. The lowest BCUT2D eigenvalue weighted by molar-refractivity contribution is 0.172. The number of fused-ring (bicyclic) bond motifs is 1. The zero-order valence-electron chi connectivity index (χ0n) is 12.2. The molecule has 1 aromatic rings. The fourth-order valence-electron chi connectivity index (χ4n) is 3.59. The molecule has 2 aliphatic rings. The van der Waals surface area contributed by atoms with E-state index in [4.69, 9.17) is 4.98 Å². The van der Waals surface area contributed by atoms with E-state index >= 15 is 0 Å². The molecule has 3 rings (SSSR count). The van der Waals surface area contributed by atoms with E-state index in [-0.39, 0.29) is 0 Å². The molecule has 0 radical (unpaired) electrons. The average Bonchev–Trinajstić information content (AvgIpc) is 3.05. The van der Waals surface area contributed by atoms with E-state index in [1.165, 1.54) is 49.8 Å². The Labute approximate surface area is 116 Å². The van der Waals surface area contributed by atoms with Crippen LogP contribution in [0, 0.1) is 0 Å². The molecule has 0 aromatic carbocycles. The zero-order chi connectivity index (χ0) is 13.3. The van der Waals surface area contributed by atoms with E-state index in [0.29, 0.717) is 5.54 Å². The summed E-state index contributed by atoms with van der Waals surface area (Å²) in [5.74, 6) is 1.06. The minimum Gasteiger partial charge on any atom is -0.368 e. The quantitative estimate of drug-likeness (QED) is 0.901. The summed E-state index contributed by atoms with van der Waals surface area (Å²) < 4.78 is 0. The third-order valence-corrected chi connectivity index (χ3v) is 5.01. The van der Waals surface area contributed by atoms with Gasteiger partial charge in [0.05, 0.1) is 0 Å². The highest BCUT2D eigenvalue weighted by molar-refractivity contribution is 5.40. The summed E-state index contributed by atoms with van der Waals surface area (Å²) in [5, 5.41) is 3.59. The Balaban J connectivity index is 1.68. The molecule has 0 aliphatic heterocycles. The summed E-state index contributed by atoms with van der Waals surface area (Å²) in [5.41, 5.74) is 3.10. The molecular weight excluding hydrogens is 234 g/mol. The van der Waals surface area contributed by atoms with Gasteiger partial charge in [-0.3, -0.25) is 0 Å². The SMILES string of the molecule is CN(C)C1(CNc2ccc3c(n2)CCC3)CCCC1. The van der Waals surface area contributed by atoms with Crippen molar-refractivity contribution in [3.05, 3.63) is 23.4 Å². The van der Waals surface area contributed by atoms with Gasteiger partial charge in [0.25, 0.3) is 0 Å². The lowest BCUT2D eigenvalue weighted by Gasteiger charge is -2.36. The highest BCUT2D eigenvalue weighted by Crippen LogP contribution is 2.34. The Morgan fingerprint density at radius 1 is 1.16 bits per heavy atom. The van der Waals surface area contributed by atoms with Crippen LogP contribution in [0.25, 0.3) is 0 Å². The molecule has 3 heteroatoms. The molecule has 0 atom stereocenters. The van der Waals surface area contributed by atoms with Crippen LogP contribution in [0.4, 0.5) is 5.82 Å². The number of anilines is 1. The van der Waals surface area contributed by atoms with Crippen LogP contribution < -0.4 is 5.32 Å². The monoisotopic (exact) mass is 259 g/mol. The molecule has 0 unspecified atom stereocenters. The summed E-state index contributed by atoms with van der Waals surface area (Å²) in [6, 6.07) is 4.41. The number of pyridine rings is 1. The summed E-state index contributed by atoms with van der Waals surface area (Å²) in [4.78, 5) is 7.18. The molecule has 104 valence electrons. The van der Waals surface area contributed by atoms with Crippen LogP contribution in [-0.2, 0) is 12.8 Å². The maximum absolute atomic E-state index is 4.78. The van der Waals surface area contributed by atoms with Crippen molar-refractivity contribution < 1.29 is 0 Å². The maximum atomic E-state index is 4.78. The molecule has 0 bridgehead atoms. The number of aromatic nitrogens is 1. The van der Waals surface area contributed by atoms with Gasteiger partial charge < -0.3 is 10.2 Å². The largest absolute Gasteiger partial charge is 0.368 e. The lowest BCUT2D eigenvalue weighted by Crippen LogP contribution is -2.47. The summed E-state index contributed by atoms with van der Waals surface area (Å²) in [7, 11) is 4.42. The zero-order valence-corrected chi connectivity index (χ0v) is 12.2. The normalized spacial score (nSPS) is 20.8. The Morgan fingerprint density at radius 3 is 2.68 bits per heavy atom. The number of hydrogen-bond acceptors (Lipinski definition) is 3. The van der Waals surface area contributed by atoms with Crippen molar-refractivity contribution >= 4 is 5.82 Å². The molecule has 1 N–H and O–H groups in total. The summed E-state index contributed by atoms with van der Waals surface area (Å²) in [6.45, 7) is 1.02. The highest BCUT2D eigenvalue weighted by Gasteiger charge is 2.35. The van der Waals surface area contributed by atoms with Gasteiger partial charge in [0.2, 0.25) is 0 Å². The minimum absolute atomic E-state index is 0.334. The maximum Gasteiger partial charge on any atom is 0.126 e. The number of likely N-dealkylation sites (N-methyl/N-ethyl adjacent to an activating group) is 1. The number of aryl methyl sites for hydroxylation is 2. The van der Waals surface area contributed by atoms with Crippen LogP contribution in [-0.4, -0.2) is 36.1 Å². The molecule has 1 saturated carbocycles. The predicted molar refractivity (Wildman–Crippen MR) is 79.6 cm³/mol. The highest BCUT2D eigenvalue weighted by atomic mass is 15.2. The Hall–Kier alpha value is -1.09. The van der Waals surface area contributed by atoms with Gasteiger partial charge in [-0.2, -0.15) is 0 Å². The first-order valence-corrected chi connectivity index (χ1v) is 7.60. The van der Waals surface area contributed by atoms with Crippen molar-refractivity contribution in [3.63, 3.8) is 0 Å². The third kappa shape index (κ3) is 2.48. The second-order valence-electron chi connectivity index (χ2n) is 6.34. The van der Waals surface area contributed by atoms with E-state index < -0.39 is 0 Å². The van der Waals surface area contributed by atoms with Crippen LogP contribution in [0.15, 0.2) is 12.1 Å². The first kappa shape index (κ1) is 12.9. The van der Waals surface area contributed by atoms with Crippen LogP contribution in [0.2, 0.25) is 0 Å². The van der Waals surface area contributed by atoms with Crippen molar-refractivity contribution in [2.45, 2.75) is 50.5 Å². The van der Waals surface area contributed by atoms with Crippen molar-refractivity contribution in [1.82, 2.24) is 9.88 Å². The van der Waals surface area contributed by atoms with Crippen molar-refractivity contribution in [1.29, 1.82) is 0 Å². The molecule has 0 amide bonds. The van der Waals surface area contributed by atoms with Crippen LogP contribution in [0.1, 0.15) is 43.4 Å². The van der Waals surface area contributed by atoms with E-state index in [1.54, 1.807) is 0 Å². The van der Waals surface area contributed by atoms with Gasteiger partial charge >= 0.3 is 0 Å². The number of rotatable bonds is 4. The van der Waals surface area contributed by atoms with Gasteiger partial charge in [-0.05, 0) is 57.8 Å². The fourth-order valence-corrected chi connectivity index (χ4v) is 3.59. The first-order chi connectivity index (χ1) is 9.20. The van der Waals surface area contributed by atoms with Gasteiger partial charge in [-0.1, -0.05) is 18.9 Å². The Kier molecular flexibility index (Phi) is 3.48. The van der Waals surface area contributed by atoms with Crippen molar-refractivity contribution in [2.75, 3.05) is 26.0 Å². The number of hydrogen-bond donors (Lipinski definition) is 1. The summed E-state index contributed by atoms with van der Waals surface area (Å²) >= 11 is 0. The van der Waals surface area contributed by atoms with E-state index in [9.17, 15) is 0 Å². The molecule has 1 heterocycles. The second kappa shape index (κ2) is 5.12. The molecule has 1 fully saturated rings. The van der Waals surface area contributed by atoms with Gasteiger partial charge in [0.15, 0.2) is 0 Å². The standard InChI is InChI=1S/C16H25N3/c1-19(2)16(10-3-4-11-16)12-17-15-9-8-13-6-5-7-14(13)18-15/h8-9H,3-7,10-12H2,1-2H3,(H,17,18). The number of nitrogens with zero attached hydrogens (tertiary/aromatic N) is 2. The molecule has 1 aromatic heterocycles. The molecule has 19 heavy (non-hydrogen) atoms. The van der Waals surface area contributed by atoms with Crippen molar-refractivity contribution in [3.8, 4) is 0 Å². The topological polar surface area (TPSA) is 28.2 Å². The molecule has 2 aliphatic carbocycles. The van der Waals surface area contributed by atoms with Crippen molar-refractivity contribution in [2.24, 2.45) is 0 Å². The predicted octanol–water partition coefficient (Wildman–Crippen LogP) is 2.86.